The van der Waals surface area contributed by atoms with E-state index in [1.165, 1.54) is 4.68 Å². The van der Waals surface area contributed by atoms with E-state index in [2.05, 4.69) is 15.5 Å². The molecule has 1 aromatic heterocycles. The van der Waals surface area contributed by atoms with Crippen LogP contribution in [0.15, 0.2) is 0 Å². The van der Waals surface area contributed by atoms with E-state index in [4.69, 9.17) is 9.47 Å². The minimum absolute atomic E-state index is 0.118. The summed E-state index contributed by atoms with van der Waals surface area (Å²) >= 11 is 0. The van der Waals surface area contributed by atoms with Crippen LogP contribution in [-0.4, -0.2) is 45.2 Å². The van der Waals surface area contributed by atoms with Crippen LogP contribution in [-0.2, 0) is 21.4 Å². The first-order valence-electron chi connectivity index (χ1n) is 6.61. The van der Waals surface area contributed by atoms with E-state index < -0.39 is 5.41 Å². The van der Waals surface area contributed by atoms with Gasteiger partial charge < -0.3 is 9.47 Å². The van der Waals surface area contributed by atoms with Crippen molar-refractivity contribution in [2.24, 2.45) is 12.5 Å². The fourth-order valence-electron chi connectivity index (χ4n) is 2.25. The number of carbonyl (C=O) groups excluding carboxylic acids is 2. The average molecular weight is 282 g/mol. The van der Waals surface area contributed by atoms with Crippen LogP contribution in [0.1, 0.15) is 32.6 Å². The van der Waals surface area contributed by atoms with Crippen LogP contribution in [0.3, 0.4) is 0 Å². The van der Waals surface area contributed by atoms with E-state index in [-0.39, 0.29) is 24.4 Å². The van der Waals surface area contributed by atoms with E-state index >= 15 is 0 Å². The number of esters is 1. The summed E-state index contributed by atoms with van der Waals surface area (Å²) in [5.41, 5.74) is -0.782. The Morgan fingerprint density at radius 1 is 1.40 bits per heavy atom. The Kier molecular flexibility index (Phi) is 4.31. The molecule has 0 radical (unpaired) electrons. The van der Waals surface area contributed by atoms with Gasteiger partial charge in [0.1, 0.15) is 17.8 Å². The molecule has 0 aromatic carbocycles. The second-order valence-corrected chi connectivity index (χ2v) is 4.91. The summed E-state index contributed by atoms with van der Waals surface area (Å²) in [5, 5.41) is 10.8. The van der Waals surface area contributed by atoms with Crippen LogP contribution >= 0.6 is 0 Å². The van der Waals surface area contributed by atoms with Gasteiger partial charge in [-0.3, -0.25) is 9.59 Å². The SMILES string of the molecule is CCOC(=O)C1(COc2nnnn2C)CCC(=O)CC1. The van der Waals surface area contributed by atoms with Gasteiger partial charge in [0.05, 0.1) is 6.61 Å². The highest BCUT2D eigenvalue weighted by molar-refractivity contribution is 5.84. The third-order valence-corrected chi connectivity index (χ3v) is 3.53. The van der Waals surface area contributed by atoms with E-state index in [1.807, 2.05) is 0 Å². The molecule has 0 unspecified atom stereocenters. The number of aromatic nitrogens is 4. The standard InChI is InChI=1S/C12H18N4O4/c1-3-19-10(18)12(6-4-9(17)5-7-12)8-20-11-13-14-15-16(11)2/h3-8H2,1-2H3. The summed E-state index contributed by atoms with van der Waals surface area (Å²) in [5.74, 6) is -0.145. The zero-order valence-corrected chi connectivity index (χ0v) is 11.7. The Hall–Kier alpha value is -1.99. The third kappa shape index (κ3) is 2.94. The van der Waals surface area contributed by atoms with Crippen LogP contribution in [0, 0.1) is 5.41 Å². The molecule has 20 heavy (non-hydrogen) atoms. The van der Waals surface area contributed by atoms with E-state index in [0.29, 0.717) is 32.3 Å². The van der Waals surface area contributed by atoms with Gasteiger partial charge in [-0.25, -0.2) is 0 Å². The maximum Gasteiger partial charge on any atom is 0.335 e. The molecule has 1 aliphatic rings. The first kappa shape index (κ1) is 14.4. The van der Waals surface area contributed by atoms with Gasteiger partial charge in [-0.15, -0.1) is 0 Å². The second-order valence-electron chi connectivity index (χ2n) is 4.91. The summed E-state index contributed by atoms with van der Waals surface area (Å²) in [6.45, 7) is 2.18. The highest BCUT2D eigenvalue weighted by Crippen LogP contribution is 2.36. The molecule has 0 bridgehead atoms. The predicted molar refractivity (Wildman–Crippen MR) is 66.8 cm³/mol. The summed E-state index contributed by atoms with van der Waals surface area (Å²) < 4.78 is 12.1. The largest absolute Gasteiger partial charge is 0.465 e. The topological polar surface area (TPSA) is 96.2 Å². The minimum atomic E-state index is -0.782. The molecule has 110 valence electrons. The molecule has 0 amide bonds. The normalized spacial score (nSPS) is 17.8. The molecule has 0 aliphatic heterocycles. The van der Waals surface area contributed by atoms with Crippen LogP contribution in [0.2, 0.25) is 0 Å². The number of nitrogens with zero attached hydrogens (tertiary/aromatic N) is 4. The predicted octanol–water partition coefficient (Wildman–Crippen LogP) is 0.281. The number of ether oxygens (including phenoxy) is 2. The number of hydrogen-bond acceptors (Lipinski definition) is 7. The minimum Gasteiger partial charge on any atom is -0.465 e. The molecule has 1 aliphatic carbocycles. The molecule has 0 atom stereocenters. The summed E-state index contributed by atoms with van der Waals surface area (Å²) in [6, 6.07) is 0.241. The molecular weight excluding hydrogens is 264 g/mol. The molecular formula is C12H18N4O4. The van der Waals surface area contributed by atoms with Crippen molar-refractivity contribution in [2.75, 3.05) is 13.2 Å². The quantitative estimate of drug-likeness (QED) is 0.716. The van der Waals surface area contributed by atoms with Gasteiger partial charge in [0.2, 0.25) is 0 Å². The van der Waals surface area contributed by atoms with Crippen LogP contribution < -0.4 is 4.74 Å². The number of hydrogen-bond donors (Lipinski definition) is 0. The van der Waals surface area contributed by atoms with Crippen molar-refractivity contribution in [2.45, 2.75) is 32.6 Å². The molecule has 8 nitrogen and oxygen atoms in total. The highest BCUT2D eigenvalue weighted by Gasteiger charge is 2.44. The van der Waals surface area contributed by atoms with Crippen LogP contribution in [0.25, 0.3) is 0 Å². The number of tetrazole rings is 1. The zero-order valence-electron chi connectivity index (χ0n) is 11.7. The van der Waals surface area contributed by atoms with Crippen LogP contribution in [0.4, 0.5) is 0 Å². The van der Waals surface area contributed by atoms with Crippen LogP contribution in [0.5, 0.6) is 6.01 Å². The Bertz CT molecular complexity index is 489. The van der Waals surface area contributed by atoms with Crippen molar-refractivity contribution in [1.82, 2.24) is 20.2 Å². The number of ketones is 1. The lowest BCUT2D eigenvalue weighted by Crippen LogP contribution is -2.42. The van der Waals surface area contributed by atoms with Crippen molar-refractivity contribution in [3.63, 3.8) is 0 Å². The van der Waals surface area contributed by atoms with Gasteiger partial charge in [0.25, 0.3) is 0 Å². The fraction of sp³-hybridized carbons (Fsp3) is 0.750. The molecule has 2 rings (SSSR count). The van der Waals surface area contributed by atoms with Gasteiger partial charge in [-0.1, -0.05) is 5.10 Å². The summed E-state index contributed by atoms with van der Waals surface area (Å²) in [6.07, 6.45) is 1.63. The van der Waals surface area contributed by atoms with E-state index in [9.17, 15) is 9.59 Å². The van der Waals surface area contributed by atoms with Gasteiger partial charge in [0, 0.05) is 19.9 Å². The maximum absolute atomic E-state index is 12.2. The zero-order chi connectivity index (χ0) is 14.6. The number of aryl methyl sites for hydroxylation is 1. The van der Waals surface area contributed by atoms with Crippen molar-refractivity contribution in [1.29, 1.82) is 0 Å². The molecule has 0 saturated heterocycles. The van der Waals surface area contributed by atoms with E-state index in [0.717, 1.165) is 0 Å². The molecule has 1 heterocycles. The van der Waals surface area contributed by atoms with Gasteiger partial charge >= 0.3 is 12.0 Å². The number of carbonyl (C=O) groups is 2. The fourth-order valence-corrected chi connectivity index (χ4v) is 2.25. The van der Waals surface area contributed by atoms with Crippen molar-refractivity contribution in [3.05, 3.63) is 0 Å². The van der Waals surface area contributed by atoms with E-state index in [1.54, 1.807) is 14.0 Å². The Morgan fingerprint density at radius 2 is 2.10 bits per heavy atom. The maximum atomic E-state index is 12.2. The monoisotopic (exact) mass is 282 g/mol. The van der Waals surface area contributed by atoms with Gasteiger partial charge in [0.15, 0.2) is 0 Å². The van der Waals surface area contributed by atoms with Gasteiger partial charge in [-0.05, 0) is 30.2 Å². The van der Waals surface area contributed by atoms with Gasteiger partial charge in [-0.2, -0.15) is 4.68 Å². The Balaban J connectivity index is 2.08. The molecule has 0 spiro atoms. The third-order valence-electron chi connectivity index (χ3n) is 3.53. The smallest absolute Gasteiger partial charge is 0.335 e. The molecule has 1 saturated carbocycles. The summed E-state index contributed by atoms with van der Waals surface area (Å²) in [4.78, 5) is 23.6. The molecule has 1 fully saturated rings. The summed E-state index contributed by atoms with van der Waals surface area (Å²) in [7, 11) is 1.65. The number of rotatable bonds is 5. The Labute approximate surface area is 116 Å². The lowest BCUT2D eigenvalue weighted by Gasteiger charge is -2.33. The molecule has 1 aromatic rings. The lowest BCUT2D eigenvalue weighted by atomic mass is 9.74. The first-order chi connectivity index (χ1) is 9.57. The molecule has 8 heteroatoms. The van der Waals surface area contributed by atoms with Crippen molar-refractivity contribution < 1.29 is 19.1 Å². The Morgan fingerprint density at radius 3 is 2.65 bits per heavy atom. The lowest BCUT2D eigenvalue weighted by molar-refractivity contribution is -0.160. The average Bonchev–Trinajstić information content (AvgIpc) is 2.84. The molecule has 0 N–H and O–H groups in total. The van der Waals surface area contributed by atoms with Crippen molar-refractivity contribution >= 4 is 11.8 Å². The number of Topliss-reactive ketones (excluding diaryl/α,β-unsaturated/α-hetero) is 1. The first-order valence-corrected chi connectivity index (χ1v) is 6.61. The van der Waals surface area contributed by atoms with Crippen molar-refractivity contribution in [3.8, 4) is 6.01 Å². The highest BCUT2D eigenvalue weighted by atomic mass is 16.5. The second kappa shape index (κ2) is 5.98.